The van der Waals surface area contributed by atoms with E-state index in [0.717, 1.165) is 0 Å². The Kier molecular flexibility index (Phi) is 3.64. The number of nitrogens with zero attached hydrogens (tertiary/aromatic N) is 4. The lowest BCUT2D eigenvalue weighted by Gasteiger charge is -2.33. The second kappa shape index (κ2) is 5.27. The number of aryl methyl sites for hydroxylation is 2. The molecular formula is C14H19N5O3S. The Morgan fingerprint density at radius 2 is 2.13 bits per heavy atom. The SMILES string of the molecule is Cc1cc(=O)[nH]c([C@@]2(C)CCCN2S(=O)(=O)c2cnn(C)c2)n1. The van der Waals surface area contributed by atoms with E-state index in [1.54, 1.807) is 20.9 Å². The van der Waals surface area contributed by atoms with Gasteiger partial charge in [0.25, 0.3) is 5.56 Å². The molecule has 1 fully saturated rings. The van der Waals surface area contributed by atoms with Gasteiger partial charge in [-0.2, -0.15) is 9.40 Å². The molecule has 0 amide bonds. The summed E-state index contributed by atoms with van der Waals surface area (Å²) in [5.41, 5.74) is -0.588. The normalized spacial score (nSPS) is 22.6. The molecule has 3 heterocycles. The van der Waals surface area contributed by atoms with Crippen molar-refractivity contribution in [3.8, 4) is 0 Å². The standard InChI is InChI=1S/C14H19N5O3S/c1-10-7-12(20)17-13(16-10)14(2)5-4-6-19(14)23(21,22)11-8-15-18(3)9-11/h7-9H,4-6H2,1-3H3,(H,16,17,20)/t14-/m1/s1. The van der Waals surface area contributed by atoms with Crippen LogP contribution < -0.4 is 5.56 Å². The highest BCUT2D eigenvalue weighted by molar-refractivity contribution is 7.89. The van der Waals surface area contributed by atoms with Crippen molar-refractivity contribution in [1.29, 1.82) is 0 Å². The average molecular weight is 337 g/mol. The zero-order valence-electron chi connectivity index (χ0n) is 13.3. The third kappa shape index (κ3) is 2.59. The van der Waals surface area contributed by atoms with Crippen molar-refractivity contribution in [3.63, 3.8) is 0 Å². The van der Waals surface area contributed by atoms with Gasteiger partial charge in [0.2, 0.25) is 10.0 Å². The second-order valence-electron chi connectivity index (χ2n) is 6.04. The molecule has 2 aromatic rings. The van der Waals surface area contributed by atoms with Crippen LogP contribution in [0.3, 0.4) is 0 Å². The predicted molar refractivity (Wildman–Crippen MR) is 83.3 cm³/mol. The van der Waals surface area contributed by atoms with Gasteiger partial charge in [0, 0.05) is 31.5 Å². The third-order valence-electron chi connectivity index (χ3n) is 4.22. The van der Waals surface area contributed by atoms with Gasteiger partial charge in [0.1, 0.15) is 10.7 Å². The smallest absolute Gasteiger partial charge is 0.251 e. The van der Waals surface area contributed by atoms with Gasteiger partial charge in [-0.25, -0.2) is 13.4 Å². The van der Waals surface area contributed by atoms with E-state index in [4.69, 9.17) is 0 Å². The molecule has 1 aliphatic heterocycles. The van der Waals surface area contributed by atoms with Crippen LogP contribution in [0.4, 0.5) is 0 Å². The number of aromatic nitrogens is 4. The number of sulfonamides is 1. The van der Waals surface area contributed by atoms with Crippen molar-refractivity contribution in [2.45, 2.75) is 37.1 Å². The van der Waals surface area contributed by atoms with Gasteiger partial charge < -0.3 is 4.98 Å². The van der Waals surface area contributed by atoms with E-state index < -0.39 is 15.6 Å². The molecule has 0 saturated carbocycles. The van der Waals surface area contributed by atoms with Crippen molar-refractivity contribution in [2.75, 3.05) is 6.54 Å². The molecule has 9 heteroatoms. The molecule has 8 nitrogen and oxygen atoms in total. The number of hydrogen-bond donors (Lipinski definition) is 1. The Morgan fingerprint density at radius 1 is 1.39 bits per heavy atom. The van der Waals surface area contributed by atoms with Crippen LogP contribution in [0.25, 0.3) is 0 Å². The van der Waals surface area contributed by atoms with E-state index in [9.17, 15) is 13.2 Å². The van der Waals surface area contributed by atoms with Crippen LogP contribution in [-0.4, -0.2) is 39.0 Å². The van der Waals surface area contributed by atoms with Gasteiger partial charge in [0.15, 0.2) is 0 Å². The van der Waals surface area contributed by atoms with E-state index in [0.29, 0.717) is 30.9 Å². The second-order valence-corrected chi connectivity index (χ2v) is 7.90. The fourth-order valence-corrected chi connectivity index (χ4v) is 4.85. The summed E-state index contributed by atoms with van der Waals surface area (Å²) >= 11 is 0. The van der Waals surface area contributed by atoms with E-state index in [1.165, 1.54) is 27.4 Å². The van der Waals surface area contributed by atoms with Crippen molar-refractivity contribution < 1.29 is 8.42 Å². The lowest BCUT2D eigenvalue weighted by Crippen LogP contribution is -2.44. The minimum Gasteiger partial charge on any atom is -0.309 e. The molecule has 3 rings (SSSR count). The Bertz CT molecular complexity index is 901. The Morgan fingerprint density at radius 3 is 2.74 bits per heavy atom. The van der Waals surface area contributed by atoms with Gasteiger partial charge in [0.05, 0.1) is 11.7 Å². The molecule has 0 aliphatic carbocycles. The molecule has 2 aromatic heterocycles. The number of nitrogens with one attached hydrogen (secondary N) is 1. The van der Waals surface area contributed by atoms with E-state index in [1.807, 2.05) is 0 Å². The maximum atomic E-state index is 13.0. The van der Waals surface area contributed by atoms with Crippen LogP contribution in [0, 0.1) is 6.92 Å². The molecule has 1 atom stereocenters. The highest BCUT2D eigenvalue weighted by atomic mass is 32.2. The van der Waals surface area contributed by atoms with E-state index in [-0.39, 0.29) is 10.5 Å². The summed E-state index contributed by atoms with van der Waals surface area (Å²) in [7, 11) is -2.04. The van der Waals surface area contributed by atoms with Crippen LogP contribution >= 0.6 is 0 Å². The fourth-order valence-electron chi connectivity index (χ4n) is 3.05. The Hall–Kier alpha value is -2.00. The lowest BCUT2D eigenvalue weighted by molar-refractivity contribution is 0.254. The Labute approximate surface area is 134 Å². The molecule has 124 valence electrons. The van der Waals surface area contributed by atoms with Crippen LogP contribution in [0.1, 0.15) is 31.3 Å². The minimum atomic E-state index is -3.71. The summed E-state index contributed by atoms with van der Waals surface area (Å²) in [4.78, 5) is 19.0. The molecule has 0 radical (unpaired) electrons. The summed E-state index contributed by atoms with van der Waals surface area (Å²) in [5, 5.41) is 3.94. The Balaban J connectivity index is 2.10. The first kappa shape index (κ1) is 15.9. The number of rotatable bonds is 3. The zero-order valence-corrected chi connectivity index (χ0v) is 14.1. The van der Waals surface area contributed by atoms with Crippen molar-refractivity contribution >= 4 is 10.0 Å². The first-order valence-corrected chi connectivity index (χ1v) is 8.77. The monoisotopic (exact) mass is 337 g/mol. The molecule has 0 unspecified atom stereocenters. The molecule has 0 spiro atoms. The molecule has 1 aliphatic rings. The number of H-pyrrole nitrogens is 1. The summed E-state index contributed by atoms with van der Waals surface area (Å²) in [6.45, 7) is 3.90. The number of hydrogen-bond acceptors (Lipinski definition) is 5. The maximum absolute atomic E-state index is 13.0. The highest BCUT2D eigenvalue weighted by Gasteiger charge is 2.47. The molecule has 23 heavy (non-hydrogen) atoms. The first-order valence-electron chi connectivity index (χ1n) is 7.33. The van der Waals surface area contributed by atoms with E-state index >= 15 is 0 Å². The zero-order chi connectivity index (χ0) is 16.8. The van der Waals surface area contributed by atoms with Gasteiger partial charge in [-0.1, -0.05) is 0 Å². The quantitative estimate of drug-likeness (QED) is 0.879. The molecule has 0 bridgehead atoms. The van der Waals surface area contributed by atoms with Crippen molar-refractivity contribution in [1.82, 2.24) is 24.1 Å². The molecule has 0 aromatic carbocycles. The van der Waals surface area contributed by atoms with Crippen LogP contribution in [0.5, 0.6) is 0 Å². The van der Waals surface area contributed by atoms with Crippen LogP contribution in [0.2, 0.25) is 0 Å². The fraction of sp³-hybridized carbons (Fsp3) is 0.500. The van der Waals surface area contributed by atoms with Crippen LogP contribution in [0.15, 0.2) is 28.2 Å². The summed E-state index contributed by atoms with van der Waals surface area (Å²) < 4.78 is 28.8. The number of aromatic amines is 1. The van der Waals surface area contributed by atoms with Gasteiger partial charge in [-0.15, -0.1) is 0 Å². The largest absolute Gasteiger partial charge is 0.309 e. The minimum absolute atomic E-state index is 0.142. The van der Waals surface area contributed by atoms with Crippen molar-refractivity contribution in [3.05, 3.63) is 40.3 Å². The topological polar surface area (TPSA) is 101 Å². The average Bonchev–Trinajstić information content (AvgIpc) is 3.05. The van der Waals surface area contributed by atoms with Gasteiger partial charge >= 0.3 is 0 Å². The van der Waals surface area contributed by atoms with Crippen LogP contribution in [-0.2, 0) is 22.6 Å². The molecular weight excluding hydrogens is 318 g/mol. The highest BCUT2D eigenvalue weighted by Crippen LogP contribution is 2.40. The third-order valence-corrected chi connectivity index (χ3v) is 6.20. The van der Waals surface area contributed by atoms with E-state index in [2.05, 4.69) is 15.1 Å². The summed E-state index contributed by atoms with van der Waals surface area (Å²) in [6, 6.07) is 1.39. The first-order chi connectivity index (χ1) is 10.7. The predicted octanol–water partition coefficient (Wildman–Crippen LogP) is 0.512. The van der Waals surface area contributed by atoms with Crippen molar-refractivity contribution in [2.24, 2.45) is 7.05 Å². The summed E-state index contributed by atoms with van der Waals surface area (Å²) in [6.07, 6.45) is 4.10. The van der Waals surface area contributed by atoms with Gasteiger partial charge in [-0.05, 0) is 26.7 Å². The maximum Gasteiger partial charge on any atom is 0.251 e. The molecule has 1 saturated heterocycles. The van der Waals surface area contributed by atoms with Gasteiger partial charge in [-0.3, -0.25) is 9.48 Å². The molecule has 1 N–H and O–H groups in total. The lowest BCUT2D eigenvalue weighted by atomic mass is 9.99. The summed E-state index contributed by atoms with van der Waals surface area (Å²) in [5.74, 6) is 0.382.